The van der Waals surface area contributed by atoms with Crippen LogP contribution in [0.25, 0.3) is 0 Å². The minimum atomic E-state index is -4.52. The Bertz CT molecular complexity index is 1450. The van der Waals surface area contributed by atoms with Gasteiger partial charge in [-0.25, -0.2) is 0 Å². The number of alkyl halides is 3. The van der Waals surface area contributed by atoms with Crippen LogP contribution in [0.2, 0.25) is 0 Å². The van der Waals surface area contributed by atoms with Crippen molar-refractivity contribution < 1.29 is 18.0 Å². The average Bonchev–Trinajstić information content (AvgIpc) is 3.15. The van der Waals surface area contributed by atoms with Crippen molar-refractivity contribution in [2.45, 2.75) is 70.1 Å². The third-order valence-electron chi connectivity index (χ3n) is 9.37. The van der Waals surface area contributed by atoms with Crippen LogP contribution < -0.4 is 4.90 Å². The van der Waals surface area contributed by atoms with Crippen molar-refractivity contribution in [3.8, 4) is 0 Å². The van der Waals surface area contributed by atoms with Crippen molar-refractivity contribution in [3.63, 3.8) is 0 Å². The van der Waals surface area contributed by atoms with Gasteiger partial charge >= 0.3 is 6.18 Å². The molecule has 2 aromatic heterocycles. The molecule has 206 valence electrons. The second-order valence-electron chi connectivity index (χ2n) is 12.4. The minimum Gasteiger partial charge on any atom is -0.320 e. The normalized spacial score (nSPS) is 23.8. The first-order chi connectivity index (χ1) is 18.6. The predicted molar refractivity (Wildman–Crippen MR) is 143 cm³/mol. The molecule has 3 fully saturated rings. The van der Waals surface area contributed by atoms with Crippen LogP contribution in [0.3, 0.4) is 0 Å². The van der Waals surface area contributed by atoms with E-state index in [4.69, 9.17) is 0 Å². The number of likely N-dealkylation sites (tertiary alicyclic amines) is 1. The van der Waals surface area contributed by atoms with E-state index in [2.05, 4.69) is 22.0 Å². The smallest absolute Gasteiger partial charge is 0.320 e. The molecular formula is C29H32F3N5OS. The van der Waals surface area contributed by atoms with Crippen molar-refractivity contribution in [3.05, 3.63) is 62.9 Å². The third-order valence-corrected chi connectivity index (χ3v) is 10.5. The molecule has 2 aliphatic heterocycles. The van der Waals surface area contributed by atoms with E-state index in [-0.39, 0.29) is 29.0 Å². The lowest BCUT2D eigenvalue weighted by Crippen LogP contribution is -2.45. The molecule has 39 heavy (non-hydrogen) atoms. The third kappa shape index (κ3) is 4.13. The van der Waals surface area contributed by atoms with Crippen molar-refractivity contribution in [1.29, 1.82) is 0 Å². The number of halogens is 3. The summed E-state index contributed by atoms with van der Waals surface area (Å²) >= 11 is 1.57. The number of aromatic nitrogens is 3. The van der Waals surface area contributed by atoms with E-state index in [1.54, 1.807) is 23.7 Å². The zero-order chi connectivity index (χ0) is 27.2. The molecule has 2 saturated carbocycles. The van der Waals surface area contributed by atoms with Crippen LogP contribution in [0.1, 0.15) is 83.2 Å². The first kappa shape index (κ1) is 25.3. The molecule has 0 radical (unpaired) electrons. The molecule has 1 spiro atoms. The van der Waals surface area contributed by atoms with Gasteiger partial charge in [-0.15, -0.1) is 21.5 Å². The number of thiophene rings is 1. The van der Waals surface area contributed by atoms with Crippen LogP contribution >= 0.6 is 11.3 Å². The largest absolute Gasteiger partial charge is 0.416 e. The fourth-order valence-electron chi connectivity index (χ4n) is 7.35. The monoisotopic (exact) mass is 555 g/mol. The molecule has 1 aromatic carbocycles. The van der Waals surface area contributed by atoms with Gasteiger partial charge in [-0.05, 0) is 85.7 Å². The topological polar surface area (TPSA) is 54.3 Å². The van der Waals surface area contributed by atoms with E-state index in [1.807, 2.05) is 23.1 Å². The van der Waals surface area contributed by atoms with E-state index in [1.165, 1.54) is 23.8 Å². The number of hydrogen-bond acceptors (Lipinski definition) is 5. The fraction of sp³-hybridized carbons (Fsp3) is 0.552. The van der Waals surface area contributed by atoms with Gasteiger partial charge in [0.1, 0.15) is 12.2 Å². The molecule has 0 unspecified atom stereocenters. The number of amides is 1. The van der Waals surface area contributed by atoms with Crippen LogP contribution in [0.4, 0.5) is 18.9 Å². The summed E-state index contributed by atoms with van der Waals surface area (Å²) < 4.78 is 44.7. The summed E-state index contributed by atoms with van der Waals surface area (Å²) in [4.78, 5) is 18.5. The van der Waals surface area contributed by atoms with Gasteiger partial charge < -0.3 is 9.47 Å². The highest BCUT2D eigenvalue weighted by atomic mass is 32.1. The van der Waals surface area contributed by atoms with E-state index >= 15 is 0 Å². The molecule has 3 aromatic rings. The van der Waals surface area contributed by atoms with Gasteiger partial charge in [-0.1, -0.05) is 6.92 Å². The van der Waals surface area contributed by atoms with Gasteiger partial charge in [0.25, 0.3) is 5.91 Å². The lowest BCUT2D eigenvalue weighted by molar-refractivity contribution is -0.138. The van der Waals surface area contributed by atoms with Crippen LogP contribution in [0.5, 0.6) is 0 Å². The maximum absolute atomic E-state index is 14.3. The first-order valence-electron chi connectivity index (χ1n) is 13.8. The second kappa shape index (κ2) is 8.64. The lowest BCUT2D eigenvalue weighted by atomic mass is 9.58. The summed E-state index contributed by atoms with van der Waals surface area (Å²) in [5.41, 5.74) is 0.934. The first-order valence-corrected chi connectivity index (χ1v) is 14.7. The maximum atomic E-state index is 14.3. The molecule has 0 N–H and O–H groups in total. The molecule has 2 aliphatic carbocycles. The number of piperidine rings is 1. The van der Waals surface area contributed by atoms with Crippen LogP contribution in [0.15, 0.2) is 29.9 Å². The van der Waals surface area contributed by atoms with Crippen molar-refractivity contribution >= 4 is 22.9 Å². The number of fused-ring (bicyclic) bond motifs is 1. The number of anilines is 1. The zero-order valence-electron chi connectivity index (χ0n) is 22.2. The van der Waals surface area contributed by atoms with Gasteiger partial charge in [0.15, 0.2) is 0 Å². The lowest BCUT2D eigenvalue weighted by Gasteiger charge is -2.47. The van der Waals surface area contributed by atoms with Crippen molar-refractivity contribution in [2.24, 2.45) is 18.4 Å². The van der Waals surface area contributed by atoms with Crippen LogP contribution in [0, 0.1) is 11.3 Å². The maximum Gasteiger partial charge on any atom is 0.416 e. The summed E-state index contributed by atoms with van der Waals surface area (Å²) in [7, 11) is 1.95. The Morgan fingerprint density at radius 1 is 1.18 bits per heavy atom. The Hall–Kier alpha value is -2.72. The second-order valence-corrected chi connectivity index (χ2v) is 13.3. The molecule has 4 heterocycles. The van der Waals surface area contributed by atoms with Gasteiger partial charge in [-0.2, -0.15) is 13.2 Å². The Balaban J connectivity index is 1.20. The molecule has 6 nitrogen and oxygen atoms in total. The SMILES string of the molecule is C[C@H]1CCCN(Cc2cc3c(c(C(F)(F)F)c2)CN(c2csc(C4(c5nncn5C)CC5(CC5)C4)c2)C3=O)C1. The quantitative estimate of drug-likeness (QED) is 0.379. The number of rotatable bonds is 5. The van der Waals surface area contributed by atoms with Crippen molar-refractivity contribution in [2.75, 3.05) is 18.0 Å². The van der Waals surface area contributed by atoms with Gasteiger partial charge in [-0.3, -0.25) is 9.69 Å². The Kier molecular flexibility index (Phi) is 5.59. The number of nitrogens with zero attached hydrogens (tertiary/aromatic N) is 5. The fourth-order valence-corrected chi connectivity index (χ4v) is 8.44. The molecule has 10 heteroatoms. The predicted octanol–water partition coefficient (Wildman–Crippen LogP) is 6.15. The summed E-state index contributed by atoms with van der Waals surface area (Å²) in [6.45, 7) is 4.27. The minimum absolute atomic E-state index is 0.0683. The summed E-state index contributed by atoms with van der Waals surface area (Å²) in [5.74, 6) is 1.09. The number of carbonyl (C=O) groups is 1. The highest BCUT2D eigenvalue weighted by Crippen LogP contribution is 2.71. The molecule has 1 atom stereocenters. The number of hydrogen-bond donors (Lipinski definition) is 0. The summed E-state index contributed by atoms with van der Waals surface area (Å²) in [6.07, 6.45) is 3.82. The highest BCUT2D eigenvalue weighted by Gasteiger charge is 2.64. The summed E-state index contributed by atoms with van der Waals surface area (Å²) in [6, 6.07) is 4.96. The van der Waals surface area contributed by atoms with E-state index < -0.39 is 11.7 Å². The highest BCUT2D eigenvalue weighted by molar-refractivity contribution is 7.10. The van der Waals surface area contributed by atoms with E-state index in [0.717, 1.165) is 49.5 Å². The molecule has 0 bridgehead atoms. The Morgan fingerprint density at radius 3 is 2.64 bits per heavy atom. The van der Waals surface area contributed by atoms with E-state index in [9.17, 15) is 18.0 Å². The van der Waals surface area contributed by atoms with Gasteiger partial charge in [0, 0.05) is 36.0 Å². The Morgan fingerprint density at radius 2 is 1.97 bits per heavy atom. The number of aryl methyl sites for hydroxylation is 1. The standard InChI is InChI=1S/C29H32F3N5OS/c1-18-4-3-7-36(11-18)12-19-8-21-22(23(9-19)29(30,31)32)13-37(25(21)38)20-10-24(39-14-20)28(15-27(16-28)5-6-27)26-34-33-17-35(26)2/h8-10,14,17-18H,3-7,11-13,15-16H2,1-2H3/t18-/m0/s1. The van der Waals surface area contributed by atoms with Crippen LogP contribution in [-0.2, 0) is 31.7 Å². The van der Waals surface area contributed by atoms with Crippen LogP contribution in [-0.4, -0.2) is 38.7 Å². The summed E-state index contributed by atoms with van der Waals surface area (Å²) in [5, 5.41) is 10.5. The molecule has 7 rings (SSSR count). The number of carbonyl (C=O) groups excluding carboxylic acids is 1. The average molecular weight is 556 g/mol. The number of benzene rings is 1. The van der Waals surface area contributed by atoms with Gasteiger partial charge in [0.2, 0.25) is 0 Å². The molecule has 4 aliphatic rings. The molecule has 1 amide bonds. The molecule has 1 saturated heterocycles. The Labute approximate surface area is 229 Å². The van der Waals surface area contributed by atoms with Crippen molar-refractivity contribution in [1.82, 2.24) is 19.7 Å². The zero-order valence-corrected chi connectivity index (χ0v) is 23.0. The van der Waals surface area contributed by atoms with Gasteiger partial charge in [0.05, 0.1) is 23.2 Å². The molecular weight excluding hydrogens is 523 g/mol. The van der Waals surface area contributed by atoms with E-state index in [0.29, 0.717) is 29.1 Å².